The first-order valence-electron chi connectivity index (χ1n) is 38.4. The van der Waals surface area contributed by atoms with Gasteiger partial charge in [-0.3, -0.25) is 80.0 Å². The van der Waals surface area contributed by atoms with Gasteiger partial charge in [-0.1, -0.05) is 142 Å². The second kappa shape index (κ2) is 32.0. The molecule has 594 valence electrons. The Labute approximate surface area is 677 Å². The number of nitrogens with one attached hydrogen (secondary N) is 4. The van der Waals surface area contributed by atoms with Crippen molar-refractivity contribution in [3.63, 3.8) is 0 Å². The third-order valence-electron chi connectivity index (χ3n) is 20.6. The molecule has 0 bridgehead atoms. The van der Waals surface area contributed by atoms with Gasteiger partial charge in [0.05, 0.1) is 48.9 Å². The Kier molecular flexibility index (Phi) is 20.5. The van der Waals surface area contributed by atoms with Crippen LogP contribution in [0.1, 0.15) is 116 Å². The van der Waals surface area contributed by atoms with E-state index in [-0.39, 0.29) is 29.7 Å². The quantitative estimate of drug-likeness (QED) is 0.0615. The minimum Gasteiger partial charge on any atom is -0.277 e. The Morgan fingerprint density at radius 3 is 0.941 bits per heavy atom. The summed E-state index contributed by atoms with van der Waals surface area (Å²) in [5.74, 6) is 1.03. The summed E-state index contributed by atoms with van der Waals surface area (Å²) in [4.78, 5) is 130. The number of aliphatic imine (C=N–C) groups is 4. The molecule has 4 unspecified atom stereocenters. The van der Waals surface area contributed by atoms with Crippen molar-refractivity contribution in [2.45, 2.75) is 110 Å². The normalized spacial score (nSPS) is 17.6. The molecule has 8 aliphatic rings. The topological polar surface area (TPSA) is 421 Å². The molecule has 20 rings (SSSR count). The van der Waals surface area contributed by atoms with Gasteiger partial charge in [0.1, 0.15) is 24.2 Å². The monoisotopic (exact) mass is 1590 g/mol. The van der Waals surface area contributed by atoms with Crippen LogP contribution >= 0.6 is 0 Å². The van der Waals surface area contributed by atoms with Crippen LogP contribution in [0.3, 0.4) is 0 Å². The van der Waals surface area contributed by atoms with Crippen LogP contribution in [-0.4, -0.2) is 153 Å². The highest BCUT2D eigenvalue weighted by atomic mass is 16.2. The summed E-state index contributed by atoms with van der Waals surface area (Å²) < 4.78 is 0. The van der Waals surface area contributed by atoms with Crippen LogP contribution in [0, 0.1) is 5.92 Å². The molecule has 119 heavy (non-hydrogen) atoms. The Morgan fingerprint density at radius 2 is 0.647 bits per heavy atom. The van der Waals surface area contributed by atoms with Gasteiger partial charge in [0.15, 0.2) is 0 Å². The number of aromatic nitrogens is 16. The van der Waals surface area contributed by atoms with Gasteiger partial charge in [-0.2, -0.15) is 19.2 Å². The second-order valence-corrected chi connectivity index (χ2v) is 29.5. The first-order valence-corrected chi connectivity index (χ1v) is 38.4. The molecule has 4 atom stereocenters. The van der Waals surface area contributed by atoms with Crippen molar-refractivity contribution in [2.24, 2.45) is 32.9 Å². The molecule has 12 heterocycles. The van der Waals surface area contributed by atoms with Gasteiger partial charge in [0.2, 0.25) is 23.3 Å². The predicted octanol–water partition coefficient (Wildman–Crippen LogP) is 10.8. The van der Waals surface area contributed by atoms with Crippen molar-refractivity contribution in [3.8, 4) is 45.6 Å². The largest absolute Gasteiger partial charge is 0.329 e. The smallest absolute Gasteiger partial charge is 0.277 e. The van der Waals surface area contributed by atoms with E-state index in [2.05, 4.69) is 117 Å². The predicted molar refractivity (Wildman–Crippen MR) is 438 cm³/mol. The summed E-state index contributed by atoms with van der Waals surface area (Å²) in [6, 6.07) is 47.0. The number of aryl methyl sites for hydroxylation is 2. The molecule has 4 N–H and O–H groups in total. The van der Waals surface area contributed by atoms with Crippen LogP contribution in [0.15, 0.2) is 190 Å². The summed E-state index contributed by atoms with van der Waals surface area (Å²) in [6.45, 7) is 11.6. The average Bonchev–Trinajstić information content (AvgIpc) is 1.63. The molecule has 0 saturated carbocycles. The number of tetrazole rings is 4. The van der Waals surface area contributed by atoms with Crippen LogP contribution < -0.4 is 40.9 Å². The molecule has 0 aliphatic carbocycles. The number of anilines is 4. The minimum absolute atomic E-state index is 0.115. The number of imide groups is 4. The van der Waals surface area contributed by atoms with Crippen molar-refractivity contribution in [1.29, 1.82) is 0 Å². The molecular weight excluding hydrogens is 1520 g/mol. The lowest BCUT2D eigenvalue weighted by Gasteiger charge is -2.22. The number of nitrogens with zero attached hydrogens (tertiary/aromatic N) is 24. The number of carbonyl (C=O) groups is 8. The first kappa shape index (κ1) is 76.1. The molecule has 12 aromatic rings. The van der Waals surface area contributed by atoms with E-state index in [1.807, 2.05) is 203 Å². The zero-order valence-corrected chi connectivity index (χ0v) is 64.9. The molecule has 12 amide bonds. The molecule has 4 saturated heterocycles. The van der Waals surface area contributed by atoms with Crippen LogP contribution in [-0.2, 0) is 65.0 Å². The Bertz CT molecular complexity index is 6160. The summed E-state index contributed by atoms with van der Waals surface area (Å²) >= 11 is 0. The van der Waals surface area contributed by atoms with Gasteiger partial charge >= 0.3 is 24.1 Å². The molecule has 8 aromatic carbocycles. The molecule has 4 fully saturated rings. The first-order chi connectivity index (χ1) is 57.7. The van der Waals surface area contributed by atoms with Crippen LogP contribution in [0.25, 0.3) is 45.6 Å². The highest BCUT2D eigenvalue weighted by Gasteiger charge is 2.45. The van der Waals surface area contributed by atoms with Gasteiger partial charge in [0, 0.05) is 95.5 Å². The number of hydrogen-bond donors (Lipinski definition) is 4. The van der Waals surface area contributed by atoms with Crippen LogP contribution in [0.4, 0.5) is 64.7 Å². The number of rotatable bonds is 17. The SMILES string of the molecule is CC(C)Cn1nnc(-c2ccc(C3C(=O)NC(=O)N3c3ccc4c(c3)N=CC4)cc2)n1.CC(C)n1nnc(-c2ccc(C3C(=O)NC(=O)N3c3ccc4c(c3)N=CC4)cc2)n1.CCCn1nnc(-c2ccc(C3C(=O)NC(=O)N3c3ccc4c(c3)N=CC4)cc2)n1.Cn1nnc(-c2ccc(C3C(=O)NC(=O)N3c3ccc4c(c3)N=CC4)cc2)n1. The number of fused-ring (bicyclic) bond motifs is 4. The number of urea groups is 4. The third-order valence-corrected chi connectivity index (χ3v) is 20.6. The minimum atomic E-state index is -0.755. The van der Waals surface area contributed by atoms with Crippen molar-refractivity contribution < 1.29 is 38.4 Å². The van der Waals surface area contributed by atoms with E-state index in [0.717, 1.165) is 99.4 Å². The maximum absolute atomic E-state index is 12.6. The van der Waals surface area contributed by atoms with E-state index < -0.39 is 48.3 Å². The summed E-state index contributed by atoms with van der Waals surface area (Å²) in [5.41, 5.74) is 16.2. The maximum Gasteiger partial charge on any atom is 0.329 e. The number of hydrogen-bond acceptors (Lipinski definition) is 24. The van der Waals surface area contributed by atoms with Gasteiger partial charge in [0.25, 0.3) is 23.6 Å². The second-order valence-electron chi connectivity index (χ2n) is 29.5. The lowest BCUT2D eigenvalue weighted by molar-refractivity contribution is -0.120. The fourth-order valence-corrected chi connectivity index (χ4v) is 14.7. The highest BCUT2D eigenvalue weighted by Crippen LogP contribution is 2.42. The number of amides is 12. The van der Waals surface area contributed by atoms with E-state index >= 15 is 0 Å². The van der Waals surface area contributed by atoms with Gasteiger partial charge in [-0.25, -0.2) is 19.2 Å². The highest BCUT2D eigenvalue weighted by molar-refractivity contribution is 6.17. The summed E-state index contributed by atoms with van der Waals surface area (Å²) in [6.07, 6.45) is 11.4. The molecular formula is C83H74N28O8. The Balaban J connectivity index is 0.000000114. The lowest BCUT2D eigenvalue weighted by Crippen LogP contribution is -2.29. The standard InChI is InChI=1S/C22H21N7O2.2C21H19N7O2.C19H15N7O2/c1-13(2)12-28-26-20(25-27-28)16-5-3-15(4-6-16)19-21(30)24-22(31)29(19)17-8-7-14-9-10-23-18(14)11-17;1-12(2)28-25-19(24-26-28)15-5-3-14(4-6-15)18-20(29)23-21(30)27(18)16-8-7-13-9-10-22-17(13)11-16;1-2-11-27-25-19(24-26-27)15-5-3-14(4-6-15)18-20(29)23-21(30)28(18)16-8-7-13-9-10-22-17(13)12-16;1-25-23-17(22-24-25)13-4-2-12(3-5-13)16-18(27)21-19(28)26(16)14-7-6-11-8-9-20-15(11)10-14/h3-8,10-11,13,19H,9,12H2,1-2H3,(H,24,30,31);3-8,10-12,18H,9H2,1-2H3,(H,23,29,30);3-8,10,12,18H,2,9,11H2,1H3,(H,23,29,30);2-7,9-10,16H,8H2,1H3,(H,21,27,28). The fourth-order valence-electron chi connectivity index (χ4n) is 14.7. The molecule has 36 heteroatoms. The zero-order chi connectivity index (χ0) is 82.3. The molecule has 4 aromatic heterocycles. The molecule has 8 aliphatic heterocycles. The molecule has 0 spiro atoms. The maximum atomic E-state index is 12.6. The lowest BCUT2D eigenvalue weighted by atomic mass is 10.0. The van der Waals surface area contributed by atoms with E-state index in [9.17, 15) is 38.4 Å². The van der Waals surface area contributed by atoms with E-state index in [0.29, 0.717) is 87.3 Å². The van der Waals surface area contributed by atoms with E-state index in [1.54, 1.807) is 33.6 Å². The van der Waals surface area contributed by atoms with Gasteiger partial charge < -0.3 is 0 Å². The van der Waals surface area contributed by atoms with Crippen molar-refractivity contribution in [2.75, 3.05) is 19.6 Å². The summed E-state index contributed by atoms with van der Waals surface area (Å²) in [7, 11) is 1.69. The Morgan fingerprint density at radius 1 is 0.353 bits per heavy atom. The molecule has 0 radical (unpaired) electrons. The number of benzene rings is 8. The van der Waals surface area contributed by atoms with Gasteiger partial charge in [-0.05, 0) is 140 Å². The fraction of sp³-hybridized carbons (Fsp3) is 0.229. The van der Waals surface area contributed by atoms with E-state index in [4.69, 9.17) is 0 Å². The Hall–Kier alpha value is -15.5. The molecule has 36 nitrogen and oxygen atoms in total. The average molecular weight is 1590 g/mol. The number of carbonyl (C=O) groups excluding carboxylic acids is 8. The third kappa shape index (κ3) is 15.4. The van der Waals surface area contributed by atoms with Crippen LogP contribution in [0.5, 0.6) is 0 Å². The van der Waals surface area contributed by atoms with Gasteiger partial charge in [-0.15, -0.1) is 40.8 Å². The van der Waals surface area contributed by atoms with Crippen LogP contribution in [0.2, 0.25) is 0 Å². The van der Waals surface area contributed by atoms with Crippen molar-refractivity contribution in [3.05, 3.63) is 214 Å². The zero-order valence-electron chi connectivity index (χ0n) is 64.9. The van der Waals surface area contributed by atoms with Crippen molar-refractivity contribution >= 4 is 118 Å². The van der Waals surface area contributed by atoms with Crippen molar-refractivity contribution in [1.82, 2.24) is 102 Å². The summed E-state index contributed by atoms with van der Waals surface area (Å²) in [5, 5.41) is 59.2. The van der Waals surface area contributed by atoms with E-state index in [1.165, 1.54) is 24.4 Å².